The van der Waals surface area contributed by atoms with E-state index >= 15 is 0 Å². The number of allylic oxidation sites excluding steroid dienone is 2. The minimum atomic E-state index is -2.44. The van der Waals surface area contributed by atoms with Gasteiger partial charge in [-0.25, -0.2) is 0 Å². The molecule has 0 spiro atoms. The smallest absolute Gasteiger partial charge is 0.118 e. The summed E-state index contributed by atoms with van der Waals surface area (Å²) in [6, 6.07) is 14.3. The third kappa shape index (κ3) is 3.46. The molecule has 0 saturated carbocycles. The monoisotopic (exact) mass is 285 g/mol. The molecule has 0 aliphatic carbocycles. The second-order valence-corrected chi connectivity index (χ2v) is 4.84. The highest BCUT2D eigenvalue weighted by molar-refractivity contribution is 5.90. The van der Waals surface area contributed by atoms with Gasteiger partial charge in [0, 0.05) is 0 Å². The molecule has 2 nitrogen and oxygen atoms in total. The lowest BCUT2D eigenvalue weighted by Crippen LogP contribution is -1.92. The van der Waals surface area contributed by atoms with Crippen LogP contribution >= 0.6 is 0 Å². The van der Waals surface area contributed by atoms with Crippen LogP contribution in [0, 0.1) is 0 Å². The maximum absolute atomic E-state index is 9.47. The van der Waals surface area contributed by atoms with Gasteiger partial charge >= 0.3 is 0 Å². The molecule has 0 unspecified atom stereocenters. The summed E-state index contributed by atoms with van der Waals surface area (Å²) in [5.74, 6) is 0.579. The minimum absolute atomic E-state index is 0.249. The Morgan fingerprint density at radius 2 is 1.38 bits per heavy atom. The summed E-state index contributed by atoms with van der Waals surface area (Å²) in [5.41, 5.74) is 4.53. The Hall–Kier alpha value is -2.22. The number of rotatable bonds is 5. The highest BCUT2D eigenvalue weighted by Gasteiger charge is 2.09. The summed E-state index contributed by atoms with van der Waals surface area (Å²) in [7, 11) is -2.44. The second-order valence-electron chi connectivity index (χ2n) is 4.84. The van der Waals surface area contributed by atoms with Gasteiger partial charge in [-0.05, 0) is 59.4 Å². The molecule has 0 fully saturated rings. The van der Waals surface area contributed by atoms with E-state index in [0.29, 0.717) is 5.75 Å². The largest absolute Gasteiger partial charge is 0.508 e. The van der Waals surface area contributed by atoms with Crippen molar-refractivity contribution in [1.29, 1.82) is 0 Å². The van der Waals surface area contributed by atoms with Crippen molar-refractivity contribution in [2.75, 3.05) is 7.04 Å². The molecular formula is C19H22O2. The summed E-state index contributed by atoms with van der Waals surface area (Å²) < 4.78 is 26.4. The molecule has 2 aromatic carbocycles. The van der Waals surface area contributed by atoms with E-state index < -0.39 is 7.04 Å². The lowest BCUT2D eigenvalue weighted by atomic mass is 9.91. The van der Waals surface area contributed by atoms with Gasteiger partial charge in [-0.1, -0.05) is 38.1 Å². The zero-order chi connectivity index (χ0) is 17.7. The zero-order valence-corrected chi connectivity index (χ0v) is 12.4. The van der Waals surface area contributed by atoms with E-state index in [2.05, 4.69) is 13.8 Å². The molecule has 0 amide bonds. The van der Waals surface area contributed by atoms with Crippen LogP contribution in [-0.2, 0) is 0 Å². The molecule has 1 N–H and O–H groups in total. The van der Waals surface area contributed by atoms with Crippen LogP contribution in [0.15, 0.2) is 48.5 Å². The highest BCUT2D eigenvalue weighted by Crippen LogP contribution is 2.32. The second kappa shape index (κ2) is 6.98. The summed E-state index contributed by atoms with van der Waals surface area (Å²) in [6.07, 6.45) is 1.71. The molecule has 0 aromatic heterocycles. The third-order valence-electron chi connectivity index (χ3n) is 3.61. The van der Waals surface area contributed by atoms with Gasteiger partial charge in [0.2, 0.25) is 0 Å². The Balaban J connectivity index is 2.39. The minimum Gasteiger partial charge on any atom is -0.508 e. The van der Waals surface area contributed by atoms with E-state index in [1.165, 1.54) is 11.1 Å². The number of aromatic hydroxyl groups is 1. The molecule has 2 heteroatoms. The van der Waals surface area contributed by atoms with Crippen LogP contribution in [0.2, 0.25) is 0 Å². The molecule has 0 aliphatic heterocycles. The standard InChI is InChI=1S/C19H22O2/c1-4-18(14-6-10-16(20)11-7-14)19(5-2)15-8-12-17(21-3)13-9-15/h6-13,20H,4-5H2,1-3H3/b19-18+/i3D3. The van der Waals surface area contributed by atoms with Gasteiger partial charge in [0.05, 0.1) is 11.2 Å². The van der Waals surface area contributed by atoms with Crippen molar-refractivity contribution >= 4 is 11.1 Å². The van der Waals surface area contributed by atoms with E-state index in [-0.39, 0.29) is 5.75 Å². The summed E-state index contributed by atoms with van der Waals surface area (Å²) in [4.78, 5) is 0. The molecule has 0 atom stereocenters. The summed E-state index contributed by atoms with van der Waals surface area (Å²) in [6.45, 7) is 4.20. The van der Waals surface area contributed by atoms with Gasteiger partial charge in [0.1, 0.15) is 11.5 Å². The molecule has 2 rings (SSSR count). The highest BCUT2D eigenvalue weighted by atomic mass is 16.5. The number of methoxy groups -OCH3 is 1. The van der Waals surface area contributed by atoms with Crippen LogP contribution in [0.25, 0.3) is 11.1 Å². The van der Waals surface area contributed by atoms with E-state index in [4.69, 9.17) is 8.85 Å². The average Bonchev–Trinajstić information content (AvgIpc) is 2.53. The van der Waals surface area contributed by atoms with Crippen molar-refractivity contribution in [2.45, 2.75) is 26.7 Å². The van der Waals surface area contributed by atoms with Crippen molar-refractivity contribution in [3.63, 3.8) is 0 Å². The number of ether oxygens (including phenoxy) is 1. The lowest BCUT2D eigenvalue weighted by Gasteiger charge is -2.14. The van der Waals surface area contributed by atoms with Gasteiger partial charge in [0.15, 0.2) is 0 Å². The quantitative estimate of drug-likeness (QED) is 0.771. The van der Waals surface area contributed by atoms with Crippen molar-refractivity contribution < 1.29 is 14.0 Å². The molecule has 110 valence electrons. The first kappa shape index (κ1) is 11.4. The molecule has 0 bridgehead atoms. The Bertz CT molecular complexity index is 699. The van der Waals surface area contributed by atoms with Gasteiger partial charge < -0.3 is 9.84 Å². The molecule has 21 heavy (non-hydrogen) atoms. The molecule has 0 radical (unpaired) electrons. The Kier molecular flexibility index (Phi) is 3.80. The van der Waals surface area contributed by atoms with Gasteiger partial charge in [-0.2, -0.15) is 0 Å². The van der Waals surface area contributed by atoms with E-state index in [9.17, 15) is 5.11 Å². The Labute approximate surface area is 130 Å². The predicted molar refractivity (Wildman–Crippen MR) is 88.5 cm³/mol. The maximum Gasteiger partial charge on any atom is 0.118 e. The molecule has 0 saturated heterocycles. The summed E-state index contributed by atoms with van der Waals surface area (Å²) in [5, 5.41) is 9.47. The Morgan fingerprint density at radius 3 is 1.81 bits per heavy atom. The molecule has 0 heterocycles. The van der Waals surface area contributed by atoms with Crippen LogP contribution in [-0.4, -0.2) is 12.1 Å². The number of hydrogen-bond acceptors (Lipinski definition) is 2. The number of hydrogen-bond donors (Lipinski definition) is 1. The first-order valence-electron chi connectivity index (χ1n) is 8.65. The van der Waals surface area contributed by atoms with E-state index in [1.807, 2.05) is 24.3 Å². The van der Waals surface area contributed by atoms with Crippen molar-refractivity contribution in [1.82, 2.24) is 0 Å². The number of phenols is 1. The van der Waals surface area contributed by atoms with Crippen LogP contribution in [0.1, 0.15) is 41.9 Å². The van der Waals surface area contributed by atoms with Gasteiger partial charge in [-0.15, -0.1) is 0 Å². The first-order valence-corrected chi connectivity index (χ1v) is 7.15. The van der Waals surface area contributed by atoms with Crippen molar-refractivity contribution in [3.05, 3.63) is 59.7 Å². The van der Waals surface area contributed by atoms with Crippen molar-refractivity contribution in [3.8, 4) is 11.5 Å². The SMILES string of the molecule is [2H]C([2H])([2H])Oc1ccc(/C(CC)=C(\CC)c2ccc(O)cc2)cc1. The third-order valence-corrected chi connectivity index (χ3v) is 3.61. The normalized spacial score (nSPS) is 14.7. The van der Waals surface area contributed by atoms with Crippen molar-refractivity contribution in [2.24, 2.45) is 0 Å². The van der Waals surface area contributed by atoms with Crippen LogP contribution in [0.3, 0.4) is 0 Å². The fraction of sp³-hybridized carbons (Fsp3) is 0.263. The molecule has 2 aromatic rings. The van der Waals surface area contributed by atoms with Crippen LogP contribution in [0.4, 0.5) is 0 Å². The maximum atomic E-state index is 9.47. The van der Waals surface area contributed by atoms with E-state index in [1.54, 1.807) is 24.3 Å². The molecule has 0 aliphatic rings. The van der Waals surface area contributed by atoms with E-state index in [0.717, 1.165) is 24.0 Å². The number of benzene rings is 2. The zero-order valence-electron chi connectivity index (χ0n) is 15.4. The fourth-order valence-electron chi connectivity index (χ4n) is 2.57. The topological polar surface area (TPSA) is 29.5 Å². The lowest BCUT2D eigenvalue weighted by molar-refractivity contribution is 0.415. The fourth-order valence-corrected chi connectivity index (χ4v) is 2.57. The first-order chi connectivity index (χ1) is 11.3. The van der Waals surface area contributed by atoms with Crippen LogP contribution < -0.4 is 4.74 Å². The summed E-state index contributed by atoms with van der Waals surface area (Å²) >= 11 is 0. The average molecular weight is 285 g/mol. The molecular weight excluding hydrogens is 260 g/mol. The van der Waals surface area contributed by atoms with Crippen LogP contribution in [0.5, 0.6) is 11.5 Å². The number of phenolic OH excluding ortho intramolecular Hbond substituents is 1. The van der Waals surface area contributed by atoms with Gasteiger partial charge in [-0.3, -0.25) is 0 Å². The Morgan fingerprint density at radius 1 is 0.905 bits per heavy atom. The predicted octanol–water partition coefficient (Wildman–Crippen LogP) is 5.13. The van der Waals surface area contributed by atoms with Gasteiger partial charge in [0.25, 0.3) is 0 Å².